The fourth-order valence-electron chi connectivity index (χ4n) is 6.74. The first-order valence-corrected chi connectivity index (χ1v) is 22.5. The molecule has 0 bridgehead atoms. The second-order valence-electron chi connectivity index (χ2n) is 16.3. The van der Waals surface area contributed by atoms with Gasteiger partial charge in [-0.25, -0.2) is 4.79 Å². The number of hydrogen-bond donors (Lipinski definition) is 0. The molecule has 0 aromatic heterocycles. The molecule has 0 radical (unpaired) electrons. The minimum Gasteiger partial charge on any atom is -0.496 e. The average molecular weight is 703 g/mol. The Labute approximate surface area is 299 Å². The quantitative estimate of drug-likeness (QED) is 0.124. The minimum atomic E-state index is -2.90. The van der Waals surface area contributed by atoms with Gasteiger partial charge >= 0.3 is 5.97 Å². The van der Waals surface area contributed by atoms with Crippen LogP contribution in [0.25, 0.3) is 5.57 Å². The molecule has 49 heavy (non-hydrogen) atoms. The van der Waals surface area contributed by atoms with Crippen molar-refractivity contribution in [2.75, 3.05) is 14.2 Å². The third-order valence-electron chi connectivity index (χ3n) is 10.2. The molecule has 0 spiro atoms. The molecule has 3 aromatic rings. The van der Waals surface area contributed by atoms with E-state index < -0.39 is 16.6 Å². The predicted molar refractivity (Wildman–Crippen MR) is 211 cm³/mol. The molecule has 0 heterocycles. The summed E-state index contributed by atoms with van der Waals surface area (Å²) in [4.78, 5) is 13.1. The van der Waals surface area contributed by atoms with Crippen molar-refractivity contribution >= 4 is 38.6 Å². The van der Waals surface area contributed by atoms with Gasteiger partial charge in [-0.1, -0.05) is 115 Å². The molecule has 0 aliphatic rings. The molecular formula is C42H62O5Si2. The first kappa shape index (κ1) is 40.5. The van der Waals surface area contributed by atoms with Crippen LogP contribution in [-0.2, 0) is 13.6 Å². The maximum atomic E-state index is 13.1. The summed E-state index contributed by atoms with van der Waals surface area (Å²) in [6.45, 7) is 27.0. The first-order valence-electron chi connectivity index (χ1n) is 17.7. The van der Waals surface area contributed by atoms with Gasteiger partial charge in [-0.2, -0.15) is 0 Å². The van der Waals surface area contributed by atoms with Gasteiger partial charge in [0, 0.05) is 6.10 Å². The fourth-order valence-corrected chi connectivity index (χ4v) is 12.8. The molecule has 0 aliphatic carbocycles. The largest absolute Gasteiger partial charge is 0.496 e. The monoisotopic (exact) mass is 702 g/mol. The van der Waals surface area contributed by atoms with Crippen LogP contribution in [0.5, 0.6) is 5.75 Å². The average Bonchev–Trinajstić information content (AvgIpc) is 3.02. The summed E-state index contributed by atoms with van der Waals surface area (Å²) in [6.07, 6.45) is 3.82. The lowest BCUT2D eigenvalue weighted by Gasteiger charge is -2.45. The Morgan fingerprint density at radius 3 is 1.76 bits per heavy atom. The van der Waals surface area contributed by atoms with Crippen molar-refractivity contribution in [3.05, 3.63) is 95.6 Å². The lowest BCUT2D eigenvalue weighted by Crippen LogP contribution is -2.67. The van der Waals surface area contributed by atoms with E-state index in [2.05, 4.69) is 142 Å². The molecular weight excluding hydrogens is 641 g/mol. The third-order valence-corrected chi connectivity index (χ3v) is 19.9. The molecule has 0 fully saturated rings. The zero-order chi connectivity index (χ0) is 36.8. The van der Waals surface area contributed by atoms with Crippen molar-refractivity contribution in [1.82, 2.24) is 0 Å². The topological polar surface area (TPSA) is 54.0 Å². The minimum absolute atomic E-state index is 0.127. The van der Waals surface area contributed by atoms with Gasteiger partial charge in [0.15, 0.2) is 8.32 Å². The lowest BCUT2D eigenvalue weighted by molar-refractivity contribution is 0.0600. The summed E-state index contributed by atoms with van der Waals surface area (Å²) in [5.74, 6) is 0.660. The van der Waals surface area contributed by atoms with Gasteiger partial charge in [0.25, 0.3) is 8.32 Å². The zero-order valence-electron chi connectivity index (χ0n) is 32.7. The summed E-state index contributed by atoms with van der Waals surface area (Å²) in [6, 6.07) is 25.4. The number of aryl methyl sites for hydroxylation is 1. The van der Waals surface area contributed by atoms with E-state index in [4.69, 9.17) is 18.3 Å². The first-order chi connectivity index (χ1) is 22.8. The van der Waals surface area contributed by atoms with E-state index in [1.54, 1.807) is 7.11 Å². The van der Waals surface area contributed by atoms with Gasteiger partial charge in [0.1, 0.15) is 5.75 Å². The highest BCUT2D eigenvalue weighted by atomic mass is 28.4. The summed E-state index contributed by atoms with van der Waals surface area (Å²) in [7, 11) is -1.74. The highest BCUT2D eigenvalue weighted by Crippen LogP contribution is 2.40. The van der Waals surface area contributed by atoms with Gasteiger partial charge in [-0.05, 0) is 102 Å². The Morgan fingerprint density at radius 1 is 0.776 bits per heavy atom. The second kappa shape index (κ2) is 16.4. The van der Waals surface area contributed by atoms with E-state index in [-0.39, 0.29) is 28.3 Å². The molecule has 3 rings (SSSR count). The summed E-state index contributed by atoms with van der Waals surface area (Å²) < 4.78 is 25.5. The van der Waals surface area contributed by atoms with E-state index in [0.29, 0.717) is 11.5 Å². The number of ether oxygens (including phenoxy) is 2. The smallest absolute Gasteiger partial charge is 0.338 e. The Morgan fingerprint density at radius 2 is 1.31 bits per heavy atom. The maximum absolute atomic E-state index is 13.1. The van der Waals surface area contributed by atoms with Crippen molar-refractivity contribution in [2.45, 2.75) is 117 Å². The van der Waals surface area contributed by atoms with Crippen LogP contribution in [0.1, 0.15) is 96.6 Å². The van der Waals surface area contributed by atoms with Gasteiger partial charge in [0.2, 0.25) is 0 Å². The van der Waals surface area contributed by atoms with E-state index in [1.807, 2.05) is 19.1 Å². The van der Waals surface area contributed by atoms with Crippen LogP contribution in [0.2, 0.25) is 23.2 Å². The fraction of sp³-hybridized carbons (Fsp3) is 0.500. The molecule has 1 unspecified atom stereocenters. The SMILES string of the molecule is COC(=O)c1cc(C)c(OC)cc1/C(C)=C/C(C[C@H](C)C[C@H](C)O[Si](C)(C)C(C)(C)C)O[Si](c1ccccc1)(c1ccccc1)C(C)(C)C. The molecule has 268 valence electrons. The van der Waals surface area contributed by atoms with E-state index in [0.717, 1.165) is 35.3 Å². The molecule has 0 saturated heterocycles. The molecule has 0 amide bonds. The molecule has 3 atom stereocenters. The van der Waals surface area contributed by atoms with Crippen molar-refractivity contribution < 1.29 is 23.1 Å². The van der Waals surface area contributed by atoms with E-state index in [9.17, 15) is 4.79 Å². The molecule has 0 saturated carbocycles. The Hall–Kier alpha value is -2.98. The van der Waals surface area contributed by atoms with Crippen LogP contribution in [0, 0.1) is 12.8 Å². The second-order valence-corrected chi connectivity index (χ2v) is 25.3. The highest BCUT2D eigenvalue weighted by molar-refractivity contribution is 6.99. The van der Waals surface area contributed by atoms with E-state index in [1.165, 1.54) is 17.5 Å². The number of hydrogen-bond acceptors (Lipinski definition) is 5. The van der Waals surface area contributed by atoms with Crippen molar-refractivity contribution in [2.24, 2.45) is 5.92 Å². The van der Waals surface area contributed by atoms with Crippen LogP contribution in [0.15, 0.2) is 78.9 Å². The third kappa shape index (κ3) is 9.63. The molecule has 0 aliphatic heterocycles. The summed E-state index contributed by atoms with van der Waals surface area (Å²) in [5.41, 5.74) is 3.12. The molecule has 7 heteroatoms. The number of carbonyl (C=O) groups is 1. The van der Waals surface area contributed by atoms with Crippen LogP contribution in [0.4, 0.5) is 0 Å². The Kier molecular flexibility index (Phi) is 13.5. The van der Waals surface area contributed by atoms with Crippen LogP contribution in [0.3, 0.4) is 0 Å². The van der Waals surface area contributed by atoms with Crippen molar-refractivity contribution in [1.29, 1.82) is 0 Å². The molecule has 5 nitrogen and oxygen atoms in total. The number of carbonyl (C=O) groups excluding carboxylic acids is 1. The predicted octanol–water partition coefficient (Wildman–Crippen LogP) is 9.97. The van der Waals surface area contributed by atoms with Crippen LogP contribution in [-0.4, -0.2) is 49.0 Å². The highest BCUT2D eigenvalue weighted by Gasteiger charge is 2.51. The van der Waals surface area contributed by atoms with E-state index >= 15 is 0 Å². The standard InChI is InChI=1S/C42H62O5Si2/c1-30(25-33(4)46-48(13,14)41(5,6)7)26-34(27-31(2)37-29-39(44-11)32(3)28-38(37)40(43)45-12)47-49(42(8,9)10,35-21-17-15-18-22-35)36-23-19-16-20-24-36/h15-24,27-30,33-34H,25-26H2,1-14H3/b31-27+/t30-,33+,34?/m1/s1. The Balaban J connectivity index is 2.21. The number of rotatable bonds is 14. The number of allylic oxidation sites excluding steroid dienone is 1. The van der Waals surface area contributed by atoms with Crippen LogP contribution < -0.4 is 15.1 Å². The van der Waals surface area contributed by atoms with Crippen molar-refractivity contribution in [3.63, 3.8) is 0 Å². The van der Waals surface area contributed by atoms with Crippen molar-refractivity contribution in [3.8, 4) is 5.75 Å². The van der Waals surface area contributed by atoms with Gasteiger partial charge < -0.3 is 18.3 Å². The number of esters is 1. The molecule has 0 N–H and O–H groups in total. The number of methoxy groups -OCH3 is 2. The summed E-state index contributed by atoms with van der Waals surface area (Å²) >= 11 is 0. The maximum Gasteiger partial charge on any atom is 0.338 e. The Bertz CT molecular complexity index is 1510. The normalized spacial score (nSPS) is 15.0. The van der Waals surface area contributed by atoms with Crippen LogP contribution >= 0.6 is 0 Å². The lowest BCUT2D eigenvalue weighted by atomic mass is 9.93. The zero-order valence-corrected chi connectivity index (χ0v) is 34.7. The van der Waals surface area contributed by atoms with Gasteiger partial charge in [-0.3, -0.25) is 0 Å². The molecule has 3 aromatic carbocycles. The summed E-state index contributed by atoms with van der Waals surface area (Å²) in [5, 5.41) is 2.42. The number of benzene rings is 3. The van der Waals surface area contributed by atoms with Gasteiger partial charge in [-0.15, -0.1) is 0 Å². The van der Waals surface area contributed by atoms with Gasteiger partial charge in [0.05, 0.1) is 25.9 Å².